The molecule has 0 bridgehead atoms. The van der Waals surface area contributed by atoms with Crippen LogP contribution in [-0.2, 0) is 21.2 Å². The molecule has 0 aliphatic carbocycles. The van der Waals surface area contributed by atoms with Gasteiger partial charge in [0.1, 0.15) is 5.76 Å². The topological polar surface area (TPSA) is 86.1 Å². The number of rotatable bonds is 7. The van der Waals surface area contributed by atoms with E-state index in [1.807, 2.05) is 0 Å². The molecule has 1 atom stereocenters. The van der Waals surface area contributed by atoms with Gasteiger partial charge in [-0.3, -0.25) is 4.79 Å². The Bertz CT molecular complexity index is 846. The maximum atomic E-state index is 12.8. The number of para-hydroxylation sites is 2. The number of methoxy groups -OCH3 is 1. The van der Waals surface area contributed by atoms with Crippen molar-refractivity contribution >= 4 is 15.7 Å². The molecule has 1 aromatic carbocycles. The van der Waals surface area contributed by atoms with Crippen LogP contribution in [0.1, 0.15) is 12.2 Å². The zero-order valence-corrected chi connectivity index (χ0v) is 15.3. The van der Waals surface area contributed by atoms with Gasteiger partial charge in [-0.2, -0.15) is 0 Å². The summed E-state index contributed by atoms with van der Waals surface area (Å²) in [7, 11) is -1.59. The SMILES string of the molecule is COc1ccccc1OCC(=O)N(Cc1ccco1)C1CCS(=O)(=O)C1. The molecule has 8 heteroatoms. The lowest BCUT2D eigenvalue weighted by atomic mass is 10.2. The van der Waals surface area contributed by atoms with Gasteiger partial charge in [0.25, 0.3) is 5.91 Å². The number of amides is 1. The molecule has 0 N–H and O–H groups in total. The molecule has 7 nitrogen and oxygen atoms in total. The van der Waals surface area contributed by atoms with E-state index in [9.17, 15) is 13.2 Å². The van der Waals surface area contributed by atoms with Gasteiger partial charge in [0.05, 0.1) is 31.4 Å². The lowest BCUT2D eigenvalue weighted by Gasteiger charge is -2.27. The molecular weight excluding hydrogens is 358 g/mol. The Labute approximate surface area is 152 Å². The van der Waals surface area contributed by atoms with E-state index in [1.165, 1.54) is 18.3 Å². The van der Waals surface area contributed by atoms with E-state index < -0.39 is 9.84 Å². The second kappa shape index (κ2) is 7.82. The molecule has 1 aliphatic heterocycles. The van der Waals surface area contributed by atoms with Crippen molar-refractivity contribution in [3.8, 4) is 11.5 Å². The summed E-state index contributed by atoms with van der Waals surface area (Å²) in [6, 6.07) is 10.2. The van der Waals surface area contributed by atoms with Gasteiger partial charge in [-0.05, 0) is 30.7 Å². The predicted molar refractivity (Wildman–Crippen MR) is 94.8 cm³/mol. The second-order valence-electron chi connectivity index (χ2n) is 6.10. The Morgan fingerprint density at radius 3 is 2.62 bits per heavy atom. The van der Waals surface area contributed by atoms with Crippen molar-refractivity contribution in [2.75, 3.05) is 25.2 Å². The van der Waals surface area contributed by atoms with Gasteiger partial charge in [0.15, 0.2) is 27.9 Å². The minimum Gasteiger partial charge on any atom is -0.493 e. The Morgan fingerprint density at radius 2 is 2.00 bits per heavy atom. The summed E-state index contributed by atoms with van der Waals surface area (Å²) in [4.78, 5) is 14.3. The van der Waals surface area contributed by atoms with Crippen molar-refractivity contribution in [1.29, 1.82) is 0 Å². The van der Waals surface area contributed by atoms with E-state index in [0.717, 1.165) is 0 Å². The van der Waals surface area contributed by atoms with Crippen LogP contribution < -0.4 is 9.47 Å². The number of carbonyl (C=O) groups excluding carboxylic acids is 1. The molecule has 0 spiro atoms. The van der Waals surface area contributed by atoms with E-state index in [-0.39, 0.29) is 36.6 Å². The van der Waals surface area contributed by atoms with Crippen molar-refractivity contribution in [2.24, 2.45) is 0 Å². The van der Waals surface area contributed by atoms with Gasteiger partial charge in [0, 0.05) is 6.04 Å². The van der Waals surface area contributed by atoms with Crippen molar-refractivity contribution in [3.05, 3.63) is 48.4 Å². The maximum absolute atomic E-state index is 12.8. The highest BCUT2D eigenvalue weighted by Crippen LogP contribution is 2.26. The molecule has 0 saturated carbocycles. The van der Waals surface area contributed by atoms with E-state index in [2.05, 4.69) is 0 Å². The smallest absolute Gasteiger partial charge is 0.261 e. The first-order chi connectivity index (χ1) is 12.5. The largest absolute Gasteiger partial charge is 0.493 e. The molecule has 1 unspecified atom stereocenters. The first-order valence-electron chi connectivity index (χ1n) is 8.26. The Morgan fingerprint density at radius 1 is 1.23 bits per heavy atom. The molecule has 26 heavy (non-hydrogen) atoms. The zero-order valence-electron chi connectivity index (χ0n) is 14.5. The first-order valence-corrected chi connectivity index (χ1v) is 10.1. The molecule has 3 rings (SSSR count). The summed E-state index contributed by atoms with van der Waals surface area (Å²) in [6.07, 6.45) is 1.94. The van der Waals surface area contributed by atoms with Gasteiger partial charge in [-0.25, -0.2) is 8.42 Å². The van der Waals surface area contributed by atoms with Crippen LogP contribution in [0, 0.1) is 0 Å². The Kier molecular flexibility index (Phi) is 5.51. The third-order valence-corrected chi connectivity index (χ3v) is 6.05. The number of sulfone groups is 1. The fourth-order valence-electron chi connectivity index (χ4n) is 2.97. The van der Waals surface area contributed by atoms with Crippen LogP contribution in [0.15, 0.2) is 47.1 Å². The molecule has 140 valence electrons. The summed E-state index contributed by atoms with van der Waals surface area (Å²) in [5, 5.41) is 0. The summed E-state index contributed by atoms with van der Waals surface area (Å²) in [5.74, 6) is 1.34. The minimum absolute atomic E-state index is 0.0336. The molecule has 2 heterocycles. The maximum Gasteiger partial charge on any atom is 0.261 e. The number of hydrogen-bond acceptors (Lipinski definition) is 6. The monoisotopic (exact) mass is 379 g/mol. The second-order valence-corrected chi connectivity index (χ2v) is 8.33. The molecule has 1 saturated heterocycles. The number of hydrogen-bond donors (Lipinski definition) is 0. The fraction of sp³-hybridized carbons (Fsp3) is 0.389. The molecule has 1 amide bonds. The third-order valence-electron chi connectivity index (χ3n) is 4.30. The molecule has 1 aliphatic rings. The van der Waals surface area contributed by atoms with Crippen molar-refractivity contribution in [1.82, 2.24) is 4.90 Å². The summed E-state index contributed by atoms with van der Waals surface area (Å²) in [6.45, 7) is -0.00106. The summed E-state index contributed by atoms with van der Waals surface area (Å²) >= 11 is 0. The summed E-state index contributed by atoms with van der Waals surface area (Å²) < 4.78 is 39.8. The zero-order chi connectivity index (χ0) is 18.6. The summed E-state index contributed by atoms with van der Waals surface area (Å²) in [5.41, 5.74) is 0. The van der Waals surface area contributed by atoms with Crippen LogP contribution in [0.4, 0.5) is 0 Å². The number of furan rings is 1. The molecule has 1 aromatic heterocycles. The van der Waals surface area contributed by atoms with Gasteiger partial charge in [-0.1, -0.05) is 12.1 Å². The van der Waals surface area contributed by atoms with Crippen LogP contribution in [0.25, 0.3) is 0 Å². The highest BCUT2D eigenvalue weighted by molar-refractivity contribution is 7.91. The molecule has 1 fully saturated rings. The van der Waals surface area contributed by atoms with Crippen LogP contribution in [0.2, 0.25) is 0 Å². The van der Waals surface area contributed by atoms with E-state index in [4.69, 9.17) is 13.9 Å². The number of ether oxygens (including phenoxy) is 2. The van der Waals surface area contributed by atoms with Gasteiger partial charge >= 0.3 is 0 Å². The van der Waals surface area contributed by atoms with Gasteiger partial charge < -0.3 is 18.8 Å². The van der Waals surface area contributed by atoms with Crippen LogP contribution in [0.5, 0.6) is 11.5 Å². The standard InChI is InChI=1S/C18H21NO6S/c1-23-16-6-2-3-7-17(16)25-12-18(20)19(11-15-5-4-9-24-15)14-8-10-26(21,22)13-14/h2-7,9,14H,8,10-13H2,1H3. The lowest BCUT2D eigenvalue weighted by Crippen LogP contribution is -2.43. The third kappa shape index (κ3) is 4.37. The molecule has 2 aromatic rings. The average Bonchev–Trinajstić information content (AvgIpc) is 3.26. The number of carbonyl (C=O) groups is 1. The van der Waals surface area contributed by atoms with E-state index in [1.54, 1.807) is 36.4 Å². The Hall–Kier alpha value is -2.48. The quantitative estimate of drug-likeness (QED) is 0.730. The highest BCUT2D eigenvalue weighted by Gasteiger charge is 2.35. The predicted octanol–water partition coefficient (Wildman–Crippen LogP) is 1.88. The van der Waals surface area contributed by atoms with Crippen molar-refractivity contribution in [3.63, 3.8) is 0 Å². The fourth-order valence-corrected chi connectivity index (χ4v) is 4.70. The lowest BCUT2D eigenvalue weighted by molar-refractivity contribution is -0.136. The minimum atomic E-state index is -3.12. The van der Waals surface area contributed by atoms with E-state index in [0.29, 0.717) is 23.7 Å². The Balaban J connectivity index is 1.72. The van der Waals surface area contributed by atoms with Crippen LogP contribution in [-0.4, -0.2) is 50.5 Å². The molecule has 0 radical (unpaired) electrons. The average molecular weight is 379 g/mol. The van der Waals surface area contributed by atoms with Gasteiger partial charge in [0.2, 0.25) is 0 Å². The first kappa shape index (κ1) is 18.3. The van der Waals surface area contributed by atoms with E-state index >= 15 is 0 Å². The normalized spacial score (nSPS) is 18.4. The van der Waals surface area contributed by atoms with Crippen molar-refractivity contribution < 1.29 is 27.1 Å². The van der Waals surface area contributed by atoms with Crippen LogP contribution >= 0.6 is 0 Å². The molecular formula is C18H21NO6S. The number of benzene rings is 1. The number of nitrogens with zero attached hydrogens (tertiary/aromatic N) is 1. The van der Waals surface area contributed by atoms with Crippen molar-refractivity contribution in [2.45, 2.75) is 19.0 Å². The highest BCUT2D eigenvalue weighted by atomic mass is 32.2. The van der Waals surface area contributed by atoms with Crippen LogP contribution in [0.3, 0.4) is 0 Å². The van der Waals surface area contributed by atoms with Gasteiger partial charge in [-0.15, -0.1) is 0 Å².